The lowest BCUT2D eigenvalue weighted by Gasteiger charge is -2.14. The Bertz CT molecular complexity index is 379. The van der Waals surface area contributed by atoms with E-state index >= 15 is 0 Å². The molecule has 1 saturated carbocycles. The molecular formula is C12H20N4O. The van der Waals surface area contributed by atoms with Crippen LogP contribution in [0.15, 0.2) is 6.33 Å². The van der Waals surface area contributed by atoms with E-state index in [0.29, 0.717) is 18.3 Å². The number of aliphatic hydroxyl groups excluding tert-OH is 1. The standard InChI is InChI=1S/C12H20N4O/c1-2-3-9-11(13)15-7-16-12(9)14-6-10(17)8-4-5-8/h7-8,10,17H,2-6H2,1H3,(H3,13,14,15,16). The predicted molar refractivity (Wildman–Crippen MR) is 67.7 cm³/mol. The minimum atomic E-state index is -0.277. The van der Waals surface area contributed by atoms with Gasteiger partial charge in [0.1, 0.15) is 18.0 Å². The maximum Gasteiger partial charge on any atom is 0.134 e. The summed E-state index contributed by atoms with van der Waals surface area (Å²) in [6.07, 6.45) is 5.31. The summed E-state index contributed by atoms with van der Waals surface area (Å²) in [5.74, 6) is 1.76. The number of anilines is 2. The number of nitrogens with two attached hydrogens (primary N) is 1. The molecule has 0 bridgehead atoms. The molecule has 1 aromatic heterocycles. The van der Waals surface area contributed by atoms with Gasteiger partial charge >= 0.3 is 0 Å². The molecule has 1 unspecified atom stereocenters. The molecule has 0 saturated heterocycles. The maximum atomic E-state index is 9.80. The second kappa shape index (κ2) is 5.31. The van der Waals surface area contributed by atoms with E-state index in [1.54, 1.807) is 0 Å². The summed E-state index contributed by atoms with van der Waals surface area (Å²) in [7, 11) is 0. The largest absolute Gasteiger partial charge is 0.391 e. The lowest BCUT2D eigenvalue weighted by atomic mass is 10.1. The van der Waals surface area contributed by atoms with Gasteiger partial charge in [0.05, 0.1) is 6.10 Å². The molecule has 0 aliphatic heterocycles. The van der Waals surface area contributed by atoms with Crippen LogP contribution >= 0.6 is 0 Å². The van der Waals surface area contributed by atoms with Gasteiger partial charge in [-0.15, -0.1) is 0 Å². The molecule has 1 aliphatic rings. The van der Waals surface area contributed by atoms with Crippen LogP contribution in [0.3, 0.4) is 0 Å². The molecule has 17 heavy (non-hydrogen) atoms. The SMILES string of the molecule is CCCc1c(N)ncnc1NCC(O)C1CC1. The number of nitrogens with one attached hydrogen (secondary N) is 1. The van der Waals surface area contributed by atoms with Crippen LogP contribution in [0.1, 0.15) is 31.7 Å². The van der Waals surface area contributed by atoms with Crippen molar-refractivity contribution in [1.29, 1.82) is 0 Å². The van der Waals surface area contributed by atoms with Gasteiger partial charge in [-0.1, -0.05) is 13.3 Å². The van der Waals surface area contributed by atoms with Crippen molar-refractivity contribution in [1.82, 2.24) is 9.97 Å². The van der Waals surface area contributed by atoms with Crippen LogP contribution in [0.25, 0.3) is 0 Å². The van der Waals surface area contributed by atoms with Crippen molar-refractivity contribution in [3.8, 4) is 0 Å². The summed E-state index contributed by atoms with van der Waals surface area (Å²) in [5.41, 5.74) is 6.79. The van der Waals surface area contributed by atoms with E-state index in [4.69, 9.17) is 5.73 Å². The Labute approximate surface area is 101 Å². The third-order valence-corrected chi connectivity index (χ3v) is 3.12. The molecule has 0 aromatic carbocycles. The van der Waals surface area contributed by atoms with Crippen LogP contribution in [0.4, 0.5) is 11.6 Å². The van der Waals surface area contributed by atoms with Crippen LogP contribution in [-0.4, -0.2) is 27.7 Å². The van der Waals surface area contributed by atoms with Gasteiger partial charge in [0.2, 0.25) is 0 Å². The molecule has 1 atom stereocenters. The fraction of sp³-hybridized carbons (Fsp3) is 0.667. The molecule has 0 radical (unpaired) electrons. The third kappa shape index (κ3) is 3.06. The number of aromatic nitrogens is 2. The lowest BCUT2D eigenvalue weighted by Crippen LogP contribution is -2.22. The van der Waals surface area contributed by atoms with Crippen LogP contribution in [-0.2, 0) is 6.42 Å². The monoisotopic (exact) mass is 236 g/mol. The zero-order valence-electron chi connectivity index (χ0n) is 10.2. The normalized spacial score (nSPS) is 16.8. The number of nitrogen functional groups attached to an aromatic ring is 1. The lowest BCUT2D eigenvalue weighted by molar-refractivity contribution is 0.164. The summed E-state index contributed by atoms with van der Waals surface area (Å²) in [5, 5.41) is 13.0. The van der Waals surface area contributed by atoms with E-state index in [1.807, 2.05) is 0 Å². The fourth-order valence-electron chi connectivity index (χ4n) is 1.92. The molecule has 1 fully saturated rings. The van der Waals surface area contributed by atoms with E-state index < -0.39 is 0 Å². The molecule has 0 amide bonds. The van der Waals surface area contributed by atoms with Crippen LogP contribution in [0.5, 0.6) is 0 Å². The summed E-state index contributed by atoms with van der Waals surface area (Å²) in [6, 6.07) is 0. The average Bonchev–Trinajstić information content (AvgIpc) is 3.13. The molecule has 1 aromatic rings. The van der Waals surface area contributed by atoms with E-state index in [-0.39, 0.29) is 6.10 Å². The Kier molecular flexibility index (Phi) is 3.78. The summed E-state index contributed by atoms with van der Waals surface area (Å²) in [4.78, 5) is 8.19. The van der Waals surface area contributed by atoms with Crippen LogP contribution in [0, 0.1) is 5.92 Å². The highest BCUT2D eigenvalue weighted by molar-refractivity contribution is 5.55. The number of rotatable bonds is 6. The van der Waals surface area contributed by atoms with Gasteiger partial charge in [0.25, 0.3) is 0 Å². The summed E-state index contributed by atoms with van der Waals surface area (Å²) >= 11 is 0. The second-order valence-electron chi connectivity index (χ2n) is 4.62. The molecule has 2 rings (SSSR count). The Morgan fingerprint density at radius 2 is 2.29 bits per heavy atom. The summed E-state index contributed by atoms with van der Waals surface area (Å²) in [6.45, 7) is 2.63. The summed E-state index contributed by atoms with van der Waals surface area (Å²) < 4.78 is 0. The van der Waals surface area contributed by atoms with Gasteiger partial charge < -0.3 is 16.2 Å². The van der Waals surface area contributed by atoms with Gasteiger partial charge in [0, 0.05) is 12.1 Å². The number of aliphatic hydroxyl groups is 1. The highest BCUT2D eigenvalue weighted by Crippen LogP contribution is 2.32. The smallest absolute Gasteiger partial charge is 0.134 e. The molecule has 1 heterocycles. The number of hydrogen-bond acceptors (Lipinski definition) is 5. The van der Waals surface area contributed by atoms with E-state index in [0.717, 1.165) is 37.1 Å². The van der Waals surface area contributed by atoms with Gasteiger partial charge in [-0.3, -0.25) is 0 Å². The topological polar surface area (TPSA) is 84.1 Å². The molecular weight excluding hydrogens is 216 g/mol. The molecule has 1 aliphatic carbocycles. The van der Waals surface area contributed by atoms with Crippen molar-refractivity contribution in [2.45, 2.75) is 38.7 Å². The van der Waals surface area contributed by atoms with Crippen LogP contribution < -0.4 is 11.1 Å². The minimum absolute atomic E-state index is 0.277. The first-order valence-corrected chi connectivity index (χ1v) is 6.23. The Balaban J connectivity index is 2.00. The quantitative estimate of drug-likeness (QED) is 0.691. The van der Waals surface area contributed by atoms with Crippen LogP contribution in [0.2, 0.25) is 0 Å². The molecule has 0 spiro atoms. The Hall–Kier alpha value is -1.36. The first-order valence-electron chi connectivity index (χ1n) is 6.23. The van der Waals surface area contributed by atoms with Gasteiger partial charge in [0.15, 0.2) is 0 Å². The zero-order chi connectivity index (χ0) is 12.3. The first-order chi connectivity index (χ1) is 8.22. The molecule has 5 heteroatoms. The molecule has 4 N–H and O–H groups in total. The van der Waals surface area contributed by atoms with E-state index in [1.165, 1.54) is 6.33 Å². The van der Waals surface area contributed by atoms with E-state index in [9.17, 15) is 5.11 Å². The van der Waals surface area contributed by atoms with Crippen molar-refractivity contribution in [2.24, 2.45) is 5.92 Å². The minimum Gasteiger partial charge on any atom is -0.391 e. The van der Waals surface area contributed by atoms with Crippen molar-refractivity contribution < 1.29 is 5.11 Å². The predicted octanol–water partition coefficient (Wildman–Crippen LogP) is 1.19. The fourth-order valence-corrected chi connectivity index (χ4v) is 1.92. The second-order valence-corrected chi connectivity index (χ2v) is 4.62. The van der Waals surface area contributed by atoms with Gasteiger partial charge in [-0.05, 0) is 25.2 Å². The third-order valence-electron chi connectivity index (χ3n) is 3.12. The molecule has 94 valence electrons. The highest BCUT2D eigenvalue weighted by atomic mass is 16.3. The van der Waals surface area contributed by atoms with E-state index in [2.05, 4.69) is 22.2 Å². The van der Waals surface area contributed by atoms with Crippen molar-refractivity contribution >= 4 is 11.6 Å². The molecule has 5 nitrogen and oxygen atoms in total. The zero-order valence-corrected chi connectivity index (χ0v) is 10.2. The van der Waals surface area contributed by atoms with Gasteiger partial charge in [-0.25, -0.2) is 9.97 Å². The number of hydrogen-bond donors (Lipinski definition) is 3. The maximum absolute atomic E-state index is 9.80. The Morgan fingerprint density at radius 1 is 1.53 bits per heavy atom. The average molecular weight is 236 g/mol. The van der Waals surface area contributed by atoms with Crippen molar-refractivity contribution in [3.05, 3.63) is 11.9 Å². The highest BCUT2D eigenvalue weighted by Gasteiger charge is 2.29. The van der Waals surface area contributed by atoms with Crippen molar-refractivity contribution in [2.75, 3.05) is 17.6 Å². The first kappa shape index (κ1) is 12.1. The van der Waals surface area contributed by atoms with Gasteiger partial charge in [-0.2, -0.15) is 0 Å². The number of nitrogens with zero attached hydrogens (tertiary/aromatic N) is 2. The van der Waals surface area contributed by atoms with Crippen molar-refractivity contribution in [3.63, 3.8) is 0 Å². The Morgan fingerprint density at radius 3 is 2.94 bits per heavy atom.